The van der Waals surface area contributed by atoms with Crippen molar-refractivity contribution < 1.29 is 35.9 Å². The Kier molecular flexibility index (Phi) is 6.23. The van der Waals surface area contributed by atoms with Crippen LogP contribution < -0.4 is 10.9 Å². The van der Waals surface area contributed by atoms with Crippen molar-refractivity contribution in [3.8, 4) is 11.4 Å². The Morgan fingerprint density at radius 3 is 2.21 bits per heavy atom. The molecule has 0 unspecified atom stereocenters. The molecule has 3 N–H and O–H groups in total. The molecule has 174 valence electrons. The Labute approximate surface area is 180 Å². The van der Waals surface area contributed by atoms with Crippen LogP contribution in [0.25, 0.3) is 17.6 Å². The highest BCUT2D eigenvalue weighted by Crippen LogP contribution is 2.38. The lowest BCUT2D eigenvalue weighted by Gasteiger charge is -2.13. The van der Waals surface area contributed by atoms with Gasteiger partial charge in [0.05, 0.1) is 22.9 Å². The van der Waals surface area contributed by atoms with E-state index in [4.69, 9.17) is 0 Å². The van der Waals surface area contributed by atoms with Gasteiger partial charge in [-0.15, -0.1) is 5.10 Å². The second-order valence-electron chi connectivity index (χ2n) is 6.51. The highest BCUT2D eigenvalue weighted by atomic mass is 19.4. The number of rotatable bonds is 4. The van der Waals surface area contributed by atoms with E-state index < -0.39 is 46.7 Å². The van der Waals surface area contributed by atoms with Crippen molar-refractivity contribution in [2.24, 2.45) is 0 Å². The van der Waals surface area contributed by atoms with Gasteiger partial charge in [0, 0.05) is 23.5 Å². The number of alkyl halides is 6. The molecular formula is C18H13F6N7O2. The molecule has 0 aliphatic carbocycles. The van der Waals surface area contributed by atoms with Gasteiger partial charge >= 0.3 is 12.4 Å². The fourth-order valence-electron chi connectivity index (χ4n) is 2.51. The van der Waals surface area contributed by atoms with Crippen LogP contribution >= 0.6 is 0 Å². The number of amides is 2. The van der Waals surface area contributed by atoms with Crippen LogP contribution in [0.1, 0.15) is 27.2 Å². The van der Waals surface area contributed by atoms with Gasteiger partial charge in [-0.2, -0.15) is 31.4 Å². The third-order valence-corrected chi connectivity index (χ3v) is 4.11. The molecule has 0 bridgehead atoms. The second kappa shape index (κ2) is 8.76. The molecule has 1 aromatic carbocycles. The van der Waals surface area contributed by atoms with E-state index in [9.17, 15) is 35.9 Å². The Bertz CT molecular complexity index is 1180. The number of aromatic nitrogens is 5. The number of hydrogen-bond acceptors (Lipinski definition) is 5. The molecule has 2 heterocycles. The fourth-order valence-corrected chi connectivity index (χ4v) is 2.51. The lowest BCUT2D eigenvalue weighted by molar-refractivity contribution is -0.143. The number of carbonyl (C=O) groups excluding carboxylic acids is 2. The number of carbonyl (C=O) groups is 2. The highest BCUT2D eigenvalue weighted by Gasteiger charge is 2.37. The average Bonchev–Trinajstić information content (AvgIpc) is 3.38. The van der Waals surface area contributed by atoms with Gasteiger partial charge in [0.15, 0.2) is 5.82 Å². The normalized spacial score (nSPS) is 12.2. The predicted octanol–water partition coefficient (Wildman–Crippen LogP) is 2.95. The number of benzene rings is 1. The molecule has 0 radical (unpaired) electrons. The first kappa shape index (κ1) is 23.5. The van der Waals surface area contributed by atoms with Gasteiger partial charge in [-0.1, -0.05) is 0 Å². The minimum absolute atomic E-state index is 0.00986. The third kappa shape index (κ3) is 5.75. The van der Waals surface area contributed by atoms with Crippen molar-refractivity contribution in [2.75, 3.05) is 0 Å². The van der Waals surface area contributed by atoms with Gasteiger partial charge in [0.2, 0.25) is 0 Å². The van der Waals surface area contributed by atoms with Crippen LogP contribution in [0.2, 0.25) is 0 Å². The topological polar surface area (TPSA) is 118 Å². The largest absolute Gasteiger partial charge is 0.416 e. The molecule has 0 spiro atoms. The first-order valence-corrected chi connectivity index (χ1v) is 8.84. The fraction of sp³-hybridized carbons (Fsp3) is 0.167. The molecule has 0 saturated carbocycles. The number of hydrogen-bond donors (Lipinski definition) is 3. The van der Waals surface area contributed by atoms with E-state index in [0.29, 0.717) is 17.8 Å². The standard InChI is InChI=1S/C18H13F6N7O2/c1-9-13(7-26-27-9)16(33)29-28-14(32)2-3-31-8-25-15(30-31)10-4-11(17(19,20)21)6-12(5-10)18(22,23)24/h2-8H,1H3,(H,26,27)(H,28,32)(H,29,33)/b3-2-. The Hall–Kier alpha value is -4.17. The summed E-state index contributed by atoms with van der Waals surface area (Å²) in [7, 11) is 0. The zero-order chi connectivity index (χ0) is 24.4. The van der Waals surface area contributed by atoms with E-state index in [-0.39, 0.29) is 11.6 Å². The third-order valence-electron chi connectivity index (χ3n) is 4.11. The van der Waals surface area contributed by atoms with E-state index in [1.54, 1.807) is 6.92 Å². The molecule has 0 fully saturated rings. The molecule has 2 aromatic heterocycles. The van der Waals surface area contributed by atoms with Gasteiger partial charge in [0.1, 0.15) is 6.33 Å². The molecule has 2 amide bonds. The summed E-state index contributed by atoms with van der Waals surface area (Å²) < 4.78 is 78.9. The molecule has 9 nitrogen and oxygen atoms in total. The van der Waals surface area contributed by atoms with E-state index in [0.717, 1.165) is 23.3 Å². The molecule has 0 atom stereocenters. The highest BCUT2D eigenvalue weighted by molar-refractivity contribution is 5.97. The van der Waals surface area contributed by atoms with E-state index in [1.165, 1.54) is 6.20 Å². The molecular weight excluding hydrogens is 460 g/mol. The number of halogens is 6. The van der Waals surface area contributed by atoms with Crippen LogP contribution in [0.15, 0.2) is 36.8 Å². The summed E-state index contributed by atoms with van der Waals surface area (Å²) in [5, 5.41) is 9.95. The quantitative estimate of drug-likeness (QED) is 0.306. The zero-order valence-corrected chi connectivity index (χ0v) is 16.4. The number of nitrogens with one attached hydrogen (secondary N) is 3. The Morgan fingerprint density at radius 2 is 1.67 bits per heavy atom. The summed E-state index contributed by atoms with van der Waals surface area (Å²) in [6.07, 6.45) is -5.89. The molecule has 0 aliphatic heterocycles. The summed E-state index contributed by atoms with van der Waals surface area (Å²) in [5.74, 6) is -1.88. The minimum atomic E-state index is -5.02. The van der Waals surface area contributed by atoms with Crippen LogP contribution in [-0.4, -0.2) is 36.8 Å². The summed E-state index contributed by atoms with van der Waals surface area (Å²) in [5.41, 5.74) is 1.32. The molecule has 0 saturated heterocycles. The molecule has 3 aromatic rings. The SMILES string of the molecule is Cc1[nH]ncc1C(=O)NNC(=O)/C=C\n1cnc(-c2cc(C(F)(F)F)cc(C(F)(F)F)c2)n1. The summed E-state index contributed by atoms with van der Waals surface area (Å²) in [4.78, 5) is 27.4. The van der Waals surface area contributed by atoms with Crippen molar-refractivity contribution in [2.45, 2.75) is 19.3 Å². The maximum Gasteiger partial charge on any atom is 0.416 e. The number of H-pyrrole nitrogens is 1. The Morgan fingerprint density at radius 1 is 1.03 bits per heavy atom. The number of aryl methyl sites for hydroxylation is 1. The van der Waals surface area contributed by atoms with Gasteiger partial charge in [-0.25, -0.2) is 9.67 Å². The van der Waals surface area contributed by atoms with Crippen molar-refractivity contribution in [3.05, 3.63) is 59.2 Å². The van der Waals surface area contributed by atoms with E-state index >= 15 is 0 Å². The van der Waals surface area contributed by atoms with Crippen LogP contribution in [-0.2, 0) is 17.1 Å². The molecule has 0 aliphatic rings. The van der Waals surface area contributed by atoms with Gasteiger partial charge in [0.25, 0.3) is 11.8 Å². The van der Waals surface area contributed by atoms with Gasteiger partial charge in [-0.3, -0.25) is 25.5 Å². The lowest BCUT2D eigenvalue weighted by Crippen LogP contribution is -2.40. The van der Waals surface area contributed by atoms with Crippen molar-refractivity contribution in [1.29, 1.82) is 0 Å². The van der Waals surface area contributed by atoms with Crippen LogP contribution in [0.4, 0.5) is 26.3 Å². The molecule has 3 rings (SSSR count). The van der Waals surface area contributed by atoms with Crippen LogP contribution in [0.3, 0.4) is 0 Å². The van der Waals surface area contributed by atoms with E-state index in [1.807, 2.05) is 0 Å². The summed E-state index contributed by atoms with van der Waals surface area (Å²) in [6, 6.07) is 0.960. The summed E-state index contributed by atoms with van der Waals surface area (Å²) in [6.45, 7) is 1.59. The minimum Gasteiger partial charge on any atom is -0.282 e. The smallest absolute Gasteiger partial charge is 0.282 e. The first-order valence-electron chi connectivity index (χ1n) is 8.84. The predicted molar refractivity (Wildman–Crippen MR) is 99.7 cm³/mol. The monoisotopic (exact) mass is 473 g/mol. The van der Waals surface area contributed by atoms with Crippen molar-refractivity contribution in [1.82, 2.24) is 35.8 Å². The van der Waals surface area contributed by atoms with Gasteiger partial charge < -0.3 is 0 Å². The number of hydrazine groups is 1. The van der Waals surface area contributed by atoms with Gasteiger partial charge in [-0.05, 0) is 25.1 Å². The van der Waals surface area contributed by atoms with Crippen LogP contribution in [0.5, 0.6) is 0 Å². The maximum atomic E-state index is 13.0. The zero-order valence-electron chi connectivity index (χ0n) is 16.4. The first-order chi connectivity index (χ1) is 15.3. The second-order valence-corrected chi connectivity index (χ2v) is 6.51. The van der Waals surface area contributed by atoms with E-state index in [2.05, 4.69) is 31.1 Å². The molecule has 33 heavy (non-hydrogen) atoms. The van der Waals surface area contributed by atoms with Crippen molar-refractivity contribution in [3.63, 3.8) is 0 Å². The number of nitrogens with zero attached hydrogens (tertiary/aromatic N) is 4. The maximum absolute atomic E-state index is 13.0. The molecule has 15 heteroatoms. The van der Waals surface area contributed by atoms with Crippen LogP contribution in [0, 0.1) is 6.92 Å². The average molecular weight is 473 g/mol. The van der Waals surface area contributed by atoms with Crippen molar-refractivity contribution >= 4 is 18.0 Å². The Balaban J connectivity index is 1.73. The summed E-state index contributed by atoms with van der Waals surface area (Å²) >= 11 is 0. The lowest BCUT2D eigenvalue weighted by atomic mass is 10.0. The number of aromatic amines is 1.